The average Bonchev–Trinajstić information content (AvgIpc) is 2.78. The SMILES string of the molecule is CCNC(Cc1ccn(C)n1)c1cccc(Br)c1F. The van der Waals surface area contributed by atoms with E-state index >= 15 is 0 Å². The molecule has 102 valence electrons. The van der Waals surface area contributed by atoms with Gasteiger partial charge in [-0.2, -0.15) is 5.10 Å². The third-order valence-electron chi connectivity index (χ3n) is 2.99. The van der Waals surface area contributed by atoms with E-state index in [1.165, 1.54) is 0 Å². The summed E-state index contributed by atoms with van der Waals surface area (Å²) in [6, 6.07) is 7.27. The summed E-state index contributed by atoms with van der Waals surface area (Å²) in [5, 5.41) is 7.67. The van der Waals surface area contributed by atoms with E-state index < -0.39 is 0 Å². The second-order valence-corrected chi connectivity index (χ2v) is 5.29. The fourth-order valence-electron chi connectivity index (χ4n) is 2.11. The maximum absolute atomic E-state index is 14.2. The van der Waals surface area contributed by atoms with Crippen LogP contribution in [0.4, 0.5) is 4.39 Å². The zero-order chi connectivity index (χ0) is 13.8. The Morgan fingerprint density at radius 2 is 2.21 bits per heavy atom. The van der Waals surface area contributed by atoms with Gasteiger partial charge in [0.1, 0.15) is 5.82 Å². The molecule has 0 aliphatic rings. The van der Waals surface area contributed by atoms with E-state index in [0.29, 0.717) is 16.5 Å². The van der Waals surface area contributed by atoms with Crippen molar-refractivity contribution in [1.82, 2.24) is 15.1 Å². The third kappa shape index (κ3) is 3.42. The van der Waals surface area contributed by atoms with Crippen molar-refractivity contribution in [3.8, 4) is 0 Å². The van der Waals surface area contributed by atoms with Gasteiger partial charge in [-0.15, -0.1) is 0 Å². The number of aryl methyl sites for hydroxylation is 1. The standard InChI is InChI=1S/C14H17BrFN3/c1-3-17-13(9-10-7-8-19(2)18-10)11-5-4-6-12(15)14(11)16/h4-8,13,17H,3,9H2,1-2H3. The molecule has 0 radical (unpaired) electrons. The number of hydrogen-bond donors (Lipinski definition) is 1. The van der Waals surface area contributed by atoms with Gasteiger partial charge in [-0.05, 0) is 34.6 Å². The molecule has 0 saturated heterocycles. The quantitative estimate of drug-likeness (QED) is 0.914. The molecular weight excluding hydrogens is 309 g/mol. The van der Waals surface area contributed by atoms with E-state index in [1.807, 2.05) is 38.4 Å². The molecule has 1 atom stereocenters. The summed E-state index contributed by atoms with van der Waals surface area (Å²) in [6.07, 6.45) is 2.57. The largest absolute Gasteiger partial charge is 0.310 e. The molecule has 0 aliphatic carbocycles. The molecule has 2 rings (SSSR count). The first-order chi connectivity index (χ1) is 9.11. The van der Waals surface area contributed by atoms with Crippen LogP contribution < -0.4 is 5.32 Å². The predicted octanol–water partition coefficient (Wildman–Crippen LogP) is 3.22. The highest BCUT2D eigenvalue weighted by atomic mass is 79.9. The Labute approximate surface area is 121 Å². The van der Waals surface area contributed by atoms with Gasteiger partial charge in [-0.25, -0.2) is 4.39 Å². The van der Waals surface area contributed by atoms with Crippen molar-refractivity contribution in [2.24, 2.45) is 7.05 Å². The van der Waals surface area contributed by atoms with Crippen LogP contribution in [0.3, 0.4) is 0 Å². The van der Waals surface area contributed by atoms with Crippen molar-refractivity contribution in [3.63, 3.8) is 0 Å². The van der Waals surface area contributed by atoms with Gasteiger partial charge in [-0.1, -0.05) is 19.1 Å². The van der Waals surface area contributed by atoms with Crippen LogP contribution in [0.5, 0.6) is 0 Å². The van der Waals surface area contributed by atoms with E-state index in [2.05, 4.69) is 26.3 Å². The van der Waals surface area contributed by atoms with Crippen molar-refractivity contribution in [2.75, 3.05) is 6.54 Å². The molecule has 1 aromatic carbocycles. The van der Waals surface area contributed by atoms with E-state index in [1.54, 1.807) is 10.7 Å². The molecule has 0 spiro atoms. The molecule has 1 unspecified atom stereocenters. The summed E-state index contributed by atoms with van der Waals surface area (Å²) in [6.45, 7) is 2.80. The molecule has 3 nitrogen and oxygen atoms in total. The van der Waals surface area contributed by atoms with Gasteiger partial charge in [0.25, 0.3) is 0 Å². The fraction of sp³-hybridized carbons (Fsp3) is 0.357. The molecule has 0 aliphatic heterocycles. The minimum atomic E-state index is -0.204. The third-order valence-corrected chi connectivity index (χ3v) is 3.60. The highest BCUT2D eigenvalue weighted by molar-refractivity contribution is 9.10. The number of nitrogens with zero attached hydrogens (tertiary/aromatic N) is 2. The fourth-order valence-corrected chi connectivity index (χ4v) is 2.49. The number of hydrogen-bond acceptors (Lipinski definition) is 2. The molecule has 0 fully saturated rings. The van der Waals surface area contributed by atoms with Crippen molar-refractivity contribution >= 4 is 15.9 Å². The molecule has 1 heterocycles. The summed E-state index contributed by atoms with van der Waals surface area (Å²) in [7, 11) is 1.88. The van der Waals surface area contributed by atoms with Crippen LogP contribution in [0.1, 0.15) is 24.2 Å². The van der Waals surface area contributed by atoms with Gasteiger partial charge in [-0.3, -0.25) is 4.68 Å². The van der Waals surface area contributed by atoms with Crippen LogP contribution in [-0.4, -0.2) is 16.3 Å². The lowest BCUT2D eigenvalue weighted by Crippen LogP contribution is -2.24. The first-order valence-corrected chi connectivity index (χ1v) is 7.07. The minimum absolute atomic E-state index is 0.0719. The number of halogens is 2. The van der Waals surface area contributed by atoms with Crippen LogP contribution >= 0.6 is 15.9 Å². The molecule has 1 aromatic heterocycles. The lowest BCUT2D eigenvalue weighted by molar-refractivity contribution is 0.502. The summed E-state index contributed by atoms with van der Waals surface area (Å²) in [4.78, 5) is 0. The van der Waals surface area contributed by atoms with E-state index in [-0.39, 0.29) is 11.9 Å². The van der Waals surface area contributed by atoms with Gasteiger partial charge in [0.2, 0.25) is 0 Å². The highest BCUT2D eigenvalue weighted by Gasteiger charge is 2.18. The van der Waals surface area contributed by atoms with Gasteiger partial charge in [0.15, 0.2) is 0 Å². The summed E-state index contributed by atoms with van der Waals surface area (Å²) >= 11 is 3.23. The van der Waals surface area contributed by atoms with E-state index in [4.69, 9.17) is 0 Å². The molecule has 0 bridgehead atoms. The van der Waals surface area contributed by atoms with Gasteiger partial charge >= 0.3 is 0 Å². The molecule has 1 N–H and O–H groups in total. The maximum Gasteiger partial charge on any atom is 0.142 e. The zero-order valence-electron chi connectivity index (χ0n) is 11.0. The monoisotopic (exact) mass is 325 g/mol. The molecule has 0 saturated carbocycles. The molecule has 0 amide bonds. The lowest BCUT2D eigenvalue weighted by atomic mass is 10.0. The predicted molar refractivity (Wildman–Crippen MR) is 77.4 cm³/mol. The Morgan fingerprint density at radius 3 is 2.84 bits per heavy atom. The van der Waals surface area contributed by atoms with Crippen LogP contribution in [0.25, 0.3) is 0 Å². The van der Waals surface area contributed by atoms with Crippen molar-refractivity contribution in [1.29, 1.82) is 0 Å². The Hall–Kier alpha value is -1.20. The van der Waals surface area contributed by atoms with Crippen molar-refractivity contribution in [2.45, 2.75) is 19.4 Å². The summed E-state index contributed by atoms with van der Waals surface area (Å²) in [5.41, 5.74) is 1.62. The number of benzene rings is 1. The number of likely N-dealkylation sites (N-methyl/N-ethyl adjacent to an activating group) is 1. The lowest BCUT2D eigenvalue weighted by Gasteiger charge is -2.18. The van der Waals surface area contributed by atoms with Crippen LogP contribution in [-0.2, 0) is 13.5 Å². The van der Waals surface area contributed by atoms with Crippen LogP contribution in [0, 0.1) is 5.82 Å². The van der Waals surface area contributed by atoms with Crippen LogP contribution in [0.15, 0.2) is 34.9 Å². The normalized spacial score (nSPS) is 12.6. The molecular formula is C14H17BrFN3. The molecule has 5 heteroatoms. The number of rotatable bonds is 5. The van der Waals surface area contributed by atoms with Crippen LogP contribution in [0.2, 0.25) is 0 Å². The van der Waals surface area contributed by atoms with E-state index in [0.717, 1.165) is 12.2 Å². The number of aromatic nitrogens is 2. The first kappa shape index (κ1) is 14.2. The Bertz CT molecular complexity index is 553. The molecule has 2 aromatic rings. The zero-order valence-corrected chi connectivity index (χ0v) is 12.6. The maximum atomic E-state index is 14.2. The second kappa shape index (κ2) is 6.30. The second-order valence-electron chi connectivity index (χ2n) is 4.44. The Morgan fingerprint density at radius 1 is 1.42 bits per heavy atom. The minimum Gasteiger partial charge on any atom is -0.310 e. The summed E-state index contributed by atoms with van der Waals surface area (Å²) in [5.74, 6) is -0.204. The Kier molecular flexibility index (Phi) is 4.71. The highest BCUT2D eigenvalue weighted by Crippen LogP contribution is 2.25. The molecule has 19 heavy (non-hydrogen) atoms. The summed E-state index contributed by atoms with van der Waals surface area (Å²) < 4.78 is 16.4. The van der Waals surface area contributed by atoms with Crippen molar-refractivity contribution in [3.05, 3.63) is 52.0 Å². The average molecular weight is 326 g/mol. The van der Waals surface area contributed by atoms with Gasteiger partial charge in [0.05, 0.1) is 10.2 Å². The number of nitrogens with one attached hydrogen (secondary N) is 1. The topological polar surface area (TPSA) is 29.9 Å². The van der Waals surface area contributed by atoms with Gasteiger partial charge < -0.3 is 5.32 Å². The van der Waals surface area contributed by atoms with Crippen molar-refractivity contribution < 1.29 is 4.39 Å². The Balaban J connectivity index is 2.26. The first-order valence-electron chi connectivity index (χ1n) is 6.27. The smallest absolute Gasteiger partial charge is 0.142 e. The van der Waals surface area contributed by atoms with E-state index in [9.17, 15) is 4.39 Å². The van der Waals surface area contributed by atoms with Gasteiger partial charge in [0, 0.05) is 31.3 Å².